The highest BCUT2D eigenvalue weighted by molar-refractivity contribution is 6.31. The fraction of sp³-hybridized carbons (Fsp3) is 0.571. The average Bonchev–Trinajstić information content (AvgIpc) is 2.32. The molecule has 0 heterocycles. The van der Waals surface area contributed by atoms with Crippen molar-refractivity contribution in [3.05, 3.63) is 34.6 Å². The minimum absolute atomic E-state index is 0.235. The number of hydrogen-bond acceptors (Lipinski definition) is 1. The summed E-state index contributed by atoms with van der Waals surface area (Å²) in [5.41, 5.74) is 0.824. The van der Waals surface area contributed by atoms with Gasteiger partial charge in [0.05, 0.1) is 0 Å². The van der Waals surface area contributed by atoms with Crippen LogP contribution in [-0.2, 0) is 6.54 Å². The van der Waals surface area contributed by atoms with Crippen molar-refractivity contribution >= 4 is 11.6 Å². The van der Waals surface area contributed by atoms with E-state index in [-0.39, 0.29) is 5.82 Å². The van der Waals surface area contributed by atoms with Crippen molar-refractivity contribution in [1.29, 1.82) is 0 Å². The summed E-state index contributed by atoms with van der Waals surface area (Å²) >= 11 is 6.02. The summed E-state index contributed by atoms with van der Waals surface area (Å²) in [6.45, 7) is 7.18. The quantitative estimate of drug-likeness (QED) is 0.797. The molecule has 0 radical (unpaired) electrons. The van der Waals surface area contributed by atoms with Gasteiger partial charge in [0.2, 0.25) is 0 Å². The lowest BCUT2D eigenvalue weighted by atomic mass is 9.95. The predicted octanol–water partition coefficient (Wildman–Crippen LogP) is 4.39. The van der Waals surface area contributed by atoms with E-state index in [2.05, 4.69) is 26.1 Å². The van der Waals surface area contributed by atoms with E-state index >= 15 is 0 Å². The molecule has 0 amide bonds. The van der Waals surface area contributed by atoms with Crippen LogP contribution < -0.4 is 5.32 Å². The molecule has 0 bridgehead atoms. The molecule has 1 rings (SSSR count). The predicted molar refractivity (Wildman–Crippen MR) is 71.8 cm³/mol. The van der Waals surface area contributed by atoms with E-state index < -0.39 is 0 Å². The molecule has 0 spiro atoms. The molecule has 1 N–H and O–H groups in total. The van der Waals surface area contributed by atoms with Gasteiger partial charge in [0, 0.05) is 17.6 Å². The summed E-state index contributed by atoms with van der Waals surface area (Å²) in [5, 5.41) is 4.04. The third-order valence-electron chi connectivity index (χ3n) is 3.38. The molecule has 1 aromatic carbocycles. The normalized spacial score (nSPS) is 13.1. The minimum Gasteiger partial charge on any atom is -0.310 e. The molecule has 17 heavy (non-hydrogen) atoms. The molecular formula is C14H21ClFN. The van der Waals surface area contributed by atoms with Gasteiger partial charge in [-0.2, -0.15) is 0 Å². The third kappa shape index (κ3) is 4.29. The van der Waals surface area contributed by atoms with E-state index in [1.54, 1.807) is 6.07 Å². The van der Waals surface area contributed by atoms with Crippen LogP contribution in [0.4, 0.5) is 4.39 Å². The van der Waals surface area contributed by atoms with Crippen LogP contribution in [0.3, 0.4) is 0 Å². The second-order valence-corrected chi connectivity index (χ2v) is 4.89. The number of benzene rings is 1. The molecule has 0 saturated heterocycles. The highest BCUT2D eigenvalue weighted by atomic mass is 35.5. The summed E-state index contributed by atoms with van der Waals surface area (Å²) in [6, 6.07) is 4.91. The van der Waals surface area contributed by atoms with E-state index in [1.807, 2.05) is 0 Å². The summed E-state index contributed by atoms with van der Waals surface area (Å²) in [6.07, 6.45) is 2.31. The SMILES string of the molecule is CCC(CC)C(C)NCc1cc(F)ccc1Cl. The molecular weight excluding hydrogens is 237 g/mol. The molecule has 0 aliphatic carbocycles. The van der Waals surface area contributed by atoms with Gasteiger partial charge in [0.15, 0.2) is 0 Å². The van der Waals surface area contributed by atoms with Gasteiger partial charge in [-0.15, -0.1) is 0 Å². The fourth-order valence-corrected chi connectivity index (χ4v) is 2.30. The van der Waals surface area contributed by atoms with Gasteiger partial charge in [-0.05, 0) is 36.6 Å². The molecule has 0 aliphatic rings. The third-order valence-corrected chi connectivity index (χ3v) is 3.75. The van der Waals surface area contributed by atoms with E-state index in [0.29, 0.717) is 23.5 Å². The molecule has 1 unspecified atom stereocenters. The van der Waals surface area contributed by atoms with Gasteiger partial charge in [0.1, 0.15) is 5.82 Å². The van der Waals surface area contributed by atoms with Crippen LogP contribution in [0.25, 0.3) is 0 Å². The molecule has 1 nitrogen and oxygen atoms in total. The second-order valence-electron chi connectivity index (χ2n) is 4.48. The second kappa shape index (κ2) is 6.97. The Morgan fingerprint density at radius 1 is 1.29 bits per heavy atom. The zero-order valence-corrected chi connectivity index (χ0v) is 11.5. The van der Waals surface area contributed by atoms with Crippen LogP contribution in [0, 0.1) is 11.7 Å². The molecule has 1 aromatic rings. The van der Waals surface area contributed by atoms with Crippen molar-refractivity contribution < 1.29 is 4.39 Å². The Kier molecular flexibility index (Phi) is 5.93. The Morgan fingerprint density at radius 3 is 2.53 bits per heavy atom. The number of nitrogens with one attached hydrogen (secondary N) is 1. The maximum absolute atomic E-state index is 13.1. The zero-order valence-electron chi connectivity index (χ0n) is 10.8. The fourth-order valence-electron chi connectivity index (χ4n) is 2.11. The van der Waals surface area contributed by atoms with E-state index in [0.717, 1.165) is 18.4 Å². The molecule has 0 saturated carbocycles. The topological polar surface area (TPSA) is 12.0 Å². The van der Waals surface area contributed by atoms with Crippen molar-refractivity contribution in [3.8, 4) is 0 Å². The van der Waals surface area contributed by atoms with Crippen LogP contribution in [0.2, 0.25) is 5.02 Å². The number of hydrogen-bond donors (Lipinski definition) is 1. The van der Waals surface area contributed by atoms with Gasteiger partial charge in [-0.25, -0.2) is 4.39 Å². The molecule has 0 aliphatic heterocycles. The summed E-state index contributed by atoms with van der Waals surface area (Å²) in [4.78, 5) is 0. The largest absolute Gasteiger partial charge is 0.310 e. The number of halogens is 2. The lowest BCUT2D eigenvalue weighted by Gasteiger charge is -2.22. The Morgan fingerprint density at radius 2 is 1.94 bits per heavy atom. The Hall–Kier alpha value is -0.600. The van der Waals surface area contributed by atoms with E-state index in [1.165, 1.54) is 12.1 Å². The lowest BCUT2D eigenvalue weighted by molar-refractivity contribution is 0.353. The smallest absolute Gasteiger partial charge is 0.123 e. The molecule has 3 heteroatoms. The average molecular weight is 258 g/mol. The Labute approximate surface area is 108 Å². The summed E-state index contributed by atoms with van der Waals surface area (Å²) in [5.74, 6) is 0.420. The Bertz CT molecular complexity index is 350. The van der Waals surface area contributed by atoms with Gasteiger partial charge < -0.3 is 5.32 Å². The summed E-state index contributed by atoms with van der Waals surface area (Å²) < 4.78 is 13.1. The van der Waals surface area contributed by atoms with Crippen LogP contribution in [0.15, 0.2) is 18.2 Å². The first-order valence-corrected chi connectivity index (χ1v) is 6.63. The standard InChI is InChI=1S/C14H21ClFN/c1-4-11(5-2)10(3)17-9-12-8-13(16)6-7-14(12)15/h6-8,10-11,17H,4-5,9H2,1-3H3. The molecule has 0 fully saturated rings. The van der Waals surface area contributed by atoms with Gasteiger partial charge in [-0.3, -0.25) is 0 Å². The monoisotopic (exact) mass is 257 g/mol. The minimum atomic E-state index is -0.235. The lowest BCUT2D eigenvalue weighted by Crippen LogP contribution is -2.32. The van der Waals surface area contributed by atoms with Crippen molar-refractivity contribution in [2.75, 3.05) is 0 Å². The number of rotatable bonds is 6. The molecule has 0 aromatic heterocycles. The van der Waals surface area contributed by atoms with Crippen molar-refractivity contribution in [2.45, 2.75) is 46.2 Å². The van der Waals surface area contributed by atoms with E-state index in [4.69, 9.17) is 11.6 Å². The van der Waals surface area contributed by atoms with Gasteiger partial charge >= 0.3 is 0 Å². The highest BCUT2D eigenvalue weighted by Crippen LogP contribution is 2.18. The van der Waals surface area contributed by atoms with Crippen LogP contribution in [0.5, 0.6) is 0 Å². The Balaban J connectivity index is 2.57. The van der Waals surface area contributed by atoms with Crippen molar-refractivity contribution in [2.24, 2.45) is 5.92 Å². The van der Waals surface area contributed by atoms with Crippen LogP contribution >= 0.6 is 11.6 Å². The summed E-state index contributed by atoms with van der Waals surface area (Å²) in [7, 11) is 0. The maximum Gasteiger partial charge on any atom is 0.123 e. The zero-order chi connectivity index (χ0) is 12.8. The van der Waals surface area contributed by atoms with Crippen molar-refractivity contribution in [3.63, 3.8) is 0 Å². The van der Waals surface area contributed by atoms with Gasteiger partial charge in [-0.1, -0.05) is 38.3 Å². The van der Waals surface area contributed by atoms with Gasteiger partial charge in [0.25, 0.3) is 0 Å². The van der Waals surface area contributed by atoms with E-state index in [9.17, 15) is 4.39 Å². The maximum atomic E-state index is 13.1. The molecule has 1 atom stereocenters. The first kappa shape index (κ1) is 14.5. The first-order chi connectivity index (χ1) is 8.08. The first-order valence-electron chi connectivity index (χ1n) is 6.25. The highest BCUT2D eigenvalue weighted by Gasteiger charge is 2.13. The van der Waals surface area contributed by atoms with Crippen molar-refractivity contribution in [1.82, 2.24) is 5.32 Å². The molecule has 96 valence electrons. The van der Waals surface area contributed by atoms with Crippen LogP contribution in [0.1, 0.15) is 39.2 Å². The van der Waals surface area contributed by atoms with Crippen LogP contribution in [-0.4, -0.2) is 6.04 Å².